The van der Waals surface area contributed by atoms with E-state index in [0.717, 1.165) is 25.7 Å². The van der Waals surface area contributed by atoms with Crippen LogP contribution in [0.2, 0.25) is 0 Å². The van der Waals surface area contributed by atoms with Gasteiger partial charge in [-0.3, -0.25) is 0 Å². The molecule has 0 saturated carbocycles. The molecule has 0 radical (unpaired) electrons. The van der Waals surface area contributed by atoms with E-state index in [1.807, 2.05) is 55.4 Å². The van der Waals surface area contributed by atoms with Crippen molar-refractivity contribution in [3.63, 3.8) is 0 Å². The standard InChI is InChI=1S/4C8H17O.Ti/c4*1-6-7(2,3)8(4,5)9;/h4*6H2,1-5H3;/q4*-1;+4. The van der Waals surface area contributed by atoms with E-state index < -0.39 is 22.4 Å². The molecule has 0 bridgehead atoms. The molecular formula is C32H68O4Ti. The van der Waals surface area contributed by atoms with E-state index >= 15 is 0 Å². The van der Waals surface area contributed by atoms with Gasteiger partial charge in [-0.15, -0.1) is 22.4 Å². The van der Waals surface area contributed by atoms with Crippen LogP contribution in [0.25, 0.3) is 0 Å². The van der Waals surface area contributed by atoms with Gasteiger partial charge in [0.1, 0.15) is 0 Å². The Hall–Kier alpha value is 0.554. The van der Waals surface area contributed by atoms with Gasteiger partial charge in [-0.25, -0.2) is 0 Å². The van der Waals surface area contributed by atoms with Crippen molar-refractivity contribution in [3.8, 4) is 0 Å². The van der Waals surface area contributed by atoms with Crippen LogP contribution in [0.3, 0.4) is 0 Å². The topological polar surface area (TPSA) is 92.2 Å². The van der Waals surface area contributed by atoms with E-state index in [1.165, 1.54) is 0 Å². The Morgan fingerprint density at radius 1 is 0.297 bits per heavy atom. The molecule has 0 aromatic rings. The molecule has 0 saturated heterocycles. The van der Waals surface area contributed by atoms with Crippen molar-refractivity contribution in [3.05, 3.63) is 0 Å². The second-order valence-corrected chi connectivity index (χ2v) is 15.0. The van der Waals surface area contributed by atoms with Crippen molar-refractivity contribution in [1.82, 2.24) is 0 Å². The van der Waals surface area contributed by atoms with Gasteiger partial charge in [0.25, 0.3) is 0 Å². The Labute approximate surface area is 249 Å². The molecule has 0 aromatic carbocycles. The van der Waals surface area contributed by atoms with Crippen LogP contribution in [-0.2, 0) is 21.7 Å². The Balaban J connectivity index is -0.000000122. The summed E-state index contributed by atoms with van der Waals surface area (Å²) < 4.78 is 0. The van der Waals surface area contributed by atoms with Gasteiger partial charge in [-0.05, 0) is 21.7 Å². The van der Waals surface area contributed by atoms with Crippen molar-refractivity contribution < 1.29 is 42.1 Å². The van der Waals surface area contributed by atoms with Crippen molar-refractivity contribution in [2.75, 3.05) is 0 Å². The molecule has 4 nitrogen and oxygen atoms in total. The summed E-state index contributed by atoms with van der Waals surface area (Å²) in [6, 6.07) is 0. The maximum Gasteiger partial charge on any atom is 4.00 e. The van der Waals surface area contributed by atoms with Crippen LogP contribution < -0.4 is 20.4 Å². The maximum atomic E-state index is 11.4. The monoisotopic (exact) mass is 564 g/mol. The van der Waals surface area contributed by atoms with Crippen LogP contribution in [0.1, 0.15) is 164 Å². The van der Waals surface area contributed by atoms with Gasteiger partial charge < -0.3 is 20.4 Å². The fourth-order valence-corrected chi connectivity index (χ4v) is 1.70. The molecular weight excluding hydrogens is 496 g/mol. The van der Waals surface area contributed by atoms with Gasteiger partial charge in [0, 0.05) is 0 Å². The minimum atomic E-state index is -0.804. The van der Waals surface area contributed by atoms with Crippen molar-refractivity contribution in [1.29, 1.82) is 0 Å². The second kappa shape index (κ2) is 16.7. The molecule has 0 unspecified atom stereocenters. The first-order chi connectivity index (χ1) is 15.2. The minimum absolute atomic E-state index is 0. The molecule has 37 heavy (non-hydrogen) atoms. The second-order valence-electron chi connectivity index (χ2n) is 15.0. The molecule has 0 rings (SSSR count). The maximum absolute atomic E-state index is 11.4. The third kappa shape index (κ3) is 18.5. The van der Waals surface area contributed by atoms with E-state index in [0.29, 0.717) is 0 Å². The van der Waals surface area contributed by atoms with Gasteiger partial charge >= 0.3 is 21.7 Å². The Bertz CT molecular complexity index is 460. The Kier molecular flexibility index (Phi) is 21.4. The van der Waals surface area contributed by atoms with Crippen LogP contribution in [0.4, 0.5) is 0 Å². The van der Waals surface area contributed by atoms with Crippen LogP contribution in [0.5, 0.6) is 0 Å². The number of rotatable bonds is 8. The average molecular weight is 565 g/mol. The largest absolute Gasteiger partial charge is 4.00 e. The molecule has 0 aromatic heterocycles. The Morgan fingerprint density at radius 2 is 0.378 bits per heavy atom. The predicted molar refractivity (Wildman–Crippen MR) is 153 cm³/mol. The van der Waals surface area contributed by atoms with E-state index in [-0.39, 0.29) is 43.4 Å². The minimum Gasteiger partial charge on any atom is -0.849 e. The van der Waals surface area contributed by atoms with Crippen molar-refractivity contribution in [2.45, 2.75) is 187 Å². The zero-order chi connectivity index (χ0) is 30.8. The van der Waals surface area contributed by atoms with Crippen molar-refractivity contribution >= 4 is 0 Å². The number of hydrogen-bond acceptors (Lipinski definition) is 4. The van der Waals surface area contributed by atoms with E-state index in [2.05, 4.69) is 27.7 Å². The summed E-state index contributed by atoms with van der Waals surface area (Å²) in [4.78, 5) is 0. The molecule has 0 aliphatic rings. The molecule has 0 heterocycles. The molecule has 0 atom stereocenters. The normalized spacial score (nSPS) is 13.6. The summed E-state index contributed by atoms with van der Waals surface area (Å²) in [5, 5.41) is 45.4. The van der Waals surface area contributed by atoms with Gasteiger partial charge in [-0.1, -0.05) is 164 Å². The van der Waals surface area contributed by atoms with Crippen LogP contribution >= 0.6 is 0 Å². The third-order valence-corrected chi connectivity index (χ3v) is 10.1. The SMILES string of the molecule is CCC(C)(C)C(C)(C)[O-].CCC(C)(C)C(C)(C)[O-].CCC(C)(C)C(C)(C)[O-].CCC(C)(C)C(C)(C)[O-].[Ti+4]. The summed E-state index contributed by atoms with van der Waals surface area (Å²) in [7, 11) is 0. The molecule has 0 spiro atoms. The first-order valence-corrected chi connectivity index (χ1v) is 14.1. The molecule has 0 N–H and O–H groups in total. The first-order valence-electron chi connectivity index (χ1n) is 14.1. The van der Waals surface area contributed by atoms with Gasteiger partial charge in [0.05, 0.1) is 0 Å². The fraction of sp³-hybridized carbons (Fsp3) is 1.00. The van der Waals surface area contributed by atoms with Gasteiger partial charge in [0.15, 0.2) is 0 Å². The van der Waals surface area contributed by atoms with Crippen molar-refractivity contribution in [2.24, 2.45) is 21.7 Å². The van der Waals surface area contributed by atoms with Gasteiger partial charge in [0.2, 0.25) is 0 Å². The summed E-state index contributed by atoms with van der Waals surface area (Å²) in [5.41, 5.74) is -3.52. The summed E-state index contributed by atoms with van der Waals surface area (Å²) in [6.07, 6.45) is 3.79. The smallest absolute Gasteiger partial charge is 0.849 e. The predicted octanol–water partition coefficient (Wildman–Crippen LogP) is 6.24. The molecule has 0 amide bonds. The third-order valence-electron chi connectivity index (χ3n) is 10.1. The number of hydrogen-bond donors (Lipinski definition) is 0. The summed E-state index contributed by atoms with van der Waals surface area (Å²) in [5.74, 6) is 0. The quantitative estimate of drug-likeness (QED) is 0.326. The van der Waals surface area contributed by atoms with E-state index in [4.69, 9.17) is 0 Å². The Morgan fingerprint density at radius 3 is 0.378 bits per heavy atom. The van der Waals surface area contributed by atoms with E-state index in [1.54, 1.807) is 55.4 Å². The molecule has 0 fully saturated rings. The summed E-state index contributed by atoms with van der Waals surface area (Å²) >= 11 is 0. The average Bonchev–Trinajstić information content (AvgIpc) is 2.65. The summed E-state index contributed by atoms with van der Waals surface area (Å²) in [6.45, 7) is 38.3. The van der Waals surface area contributed by atoms with Crippen LogP contribution in [0, 0.1) is 21.7 Å². The zero-order valence-corrected chi connectivity index (χ0v) is 30.5. The van der Waals surface area contributed by atoms with Crippen LogP contribution in [0.15, 0.2) is 0 Å². The molecule has 0 aliphatic heterocycles. The molecule has 5 heteroatoms. The zero-order valence-electron chi connectivity index (χ0n) is 29.0. The molecule has 0 aliphatic carbocycles. The van der Waals surface area contributed by atoms with Crippen LogP contribution in [-0.4, -0.2) is 22.4 Å². The van der Waals surface area contributed by atoms with E-state index in [9.17, 15) is 20.4 Å². The first kappa shape index (κ1) is 47.3. The fourth-order valence-electron chi connectivity index (χ4n) is 1.70. The molecule has 224 valence electrons. The van der Waals surface area contributed by atoms with Gasteiger partial charge in [-0.2, -0.15) is 0 Å².